The summed E-state index contributed by atoms with van der Waals surface area (Å²) >= 11 is 1.69. The lowest BCUT2D eigenvalue weighted by atomic mass is 10.1. The van der Waals surface area contributed by atoms with E-state index in [1.807, 2.05) is 17.5 Å². The van der Waals surface area contributed by atoms with Gasteiger partial charge in [0.05, 0.1) is 5.92 Å². The van der Waals surface area contributed by atoms with Crippen molar-refractivity contribution in [2.45, 2.75) is 5.92 Å². The van der Waals surface area contributed by atoms with Gasteiger partial charge in [0.2, 0.25) is 0 Å². The van der Waals surface area contributed by atoms with Gasteiger partial charge in [0.15, 0.2) is 0 Å². The quantitative estimate of drug-likeness (QED) is 0.828. The van der Waals surface area contributed by atoms with Crippen LogP contribution in [0.15, 0.2) is 36.0 Å². The Morgan fingerprint density at radius 2 is 2.07 bits per heavy atom. The number of hydrogen-bond donors (Lipinski definition) is 1. The van der Waals surface area contributed by atoms with Crippen molar-refractivity contribution in [1.29, 1.82) is 0 Å². The summed E-state index contributed by atoms with van der Waals surface area (Å²) in [6, 6.07) is 5.90. The van der Waals surface area contributed by atoms with Gasteiger partial charge < -0.3 is 5.73 Å². The van der Waals surface area contributed by atoms with Crippen LogP contribution in [0.1, 0.15) is 16.6 Å². The Labute approximate surface area is 86.6 Å². The molecule has 14 heavy (non-hydrogen) atoms. The number of aromatic nitrogens is 2. The number of nitrogens with zero attached hydrogens (tertiary/aromatic N) is 2. The lowest BCUT2D eigenvalue weighted by Gasteiger charge is -2.10. The molecule has 2 aromatic heterocycles. The van der Waals surface area contributed by atoms with E-state index in [9.17, 15) is 0 Å². The molecule has 2 heterocycles. The van der Waals surface area contributed by atoms with Gasteiger partial charge in [-0.15, -0.1) is 11.3 Å². The van der Waals surface area contributed by atoms with E-state index in [1.165, 1.54) is 4.88 Å². The summed E-state index contributed by atoms with van der Waals surface area (Å²) in [5.41, 5.74) is 5.72. The molecule has 0 amide bonds. The molecule has 2 N–H and O–H groups in total. The molecule has 4 heteroatoms. The molecule has 0 spiro atoms. The third kappa shape index (κ3) is 1.81. The zero-order chi connectivity index (χ0) is 9.80. The first-order valence-electron chi connectivity index (χ1n) is 4.42. The molecule has 72 valence electrons. The Bertz CT molecular complexity index is 372. The van der Waals surface area contributed by atoms with Crippen molar-refractivity contribution in [3.8, 4) is 0 Å². The highest BCUT2D eigenvalue weighted by Crippen LogP contribution is 2.24. The normalized spacial score (nSPS) is 12.6. The van der Waals surface area contributed by atoms with E-state index in [0.29, 0.717) is 6.54 Å². The number of nitrogens with two attached hydrogens (primary N) is 1. The Hall–Kier alpha value is -1.26. The Morgan fingerprint density at radius 1 is 1.29 bits per heavy atom. The van der Waals surface area contributed by atoms with Crippen LogP contribution in [0.4, 0.5) is 0 Å². The first-order chi connectivity index (χ1) is 6.92. The molecule has 2 aromatic rings. The van der Waals surface area contributed by atoms with Crippen LogP contribution in [-0.4, -0.2) is 16.5 Å². The SMILES string of the molecule is NCC(c1ncccn1)c1cccs1. The summed E-state index contributed by atoms with van der Waals surface area (Å²) in [5, 5.41) is 2.04. The minimum absolute atomic E-state index is 0.135. The molecular formula is C10H11N3S. The van der Waals surface area contributed by atoms with E-state index < -0.39 is 0 Å². The largest absolute Gasteiger partial charge is 0.329 e. The van der Waals surface area contributed by atoms with Gasteiger partial charge in [-0.25, -0.2) is 9.97 Å². The van der Waals surface area contributed by atoms with Gasteiger partial charge in [-0.1, -0.05) is 6.07 Å². The minimum Gasteiger partial charge on any atom is -0.329 e. The minimum atomic E-state index is 0.135. The third-order valence-electron chi connectivity index (χ3n) is 2.02. The summed E-state index contributed by atoms with van der Waals surface area (Å²) in [6.45, 7) is 0.546. The maximum absolute atomic E-state index is 5.72. The van der Waals surface area contributed by atoms with Crippen molar-refractivity contribution < 1.29 is 0 Å². The first-order valence-corrected chi connectivity index (χ1v) is 5.30. The highest BCUT2D eigenvalue weighted by atomic mass is 32.1. The molecule has 3 nitrogen and oxygen atoms in total. The molecule has 0 aliphatic heterocycles. The van der Waals surface area contributed by atoms with Gasteiger partial charge in [-0.3, -0.25) is 0 Å². The van der Waals surface area contributed by atoms with E-state index in [-0.39, 0.29) is 5.92 Å². The lowest BCUT2D eigenvalue weighted by molar-refractivity contribution is 0.762. The van der Waals surface area contributed by atoms with Gasteiger partial charge in [0.1, 0.15) is 5.82 Å². The van der Waals surface area contributed by atoms with Crippen LogP contribution in [0.25, 0.3) is 0 Å². The van der Waals surface area contributed by atoms with Crippen molar-refractivity contribution >= 4 is 11.3 Å². The maximum atomic E-state index is 5.72. The van der Waals surface area contributed by atoms with Crippen molar-refractivity contribution in [3.63, 3.8) is 0 Å². The molecule has 0 bridgehead atoms. The second kappa shape index (κ2) is 4.30. The molecular weight excluding hydrogens is 194 g/mol. The smallest absolute Gasteiger partial charge is 0.137 e. The topological polar surface area (TPSA) is 51.8 Å². The molecule has 0 aliphatic rings. The average molecular weight is 205 g/mol. The highest BCUT2D eigenvalue weighted by Gasteiger charge is 2.15. The number of rotatable bonds is 3. The maximum Gasteiger partial charge on any atom is 0.137 e. The van der Waals surface area contributed by atoms with Crippen LogP contribution in [-0.2, 0) is 0 Å². The fourth-order valence-electron chi connectivity index (χ4n) is 1.33. The van der Waals surface area contributed by atoms with Crippen molar-refractivity contribution in [1.82, 2.24) is 9.97 Å². The summed E-state index contributed by atoms with van der Waals surface area (Å²) in [6.07, 6.45) is 3.50. The predicted octanol–water partition coefficient (Wildman–Crippen LogP) is 1.63. The molecule has 0 radical (unpaired) electrons. The fourth-order valence-corrected chi connectivity index (χ4v) is 2.17. The summed E-state index contributed by atoms with van der Waals surface area (Å²) in [4.78, 5) is 9.66. The second-order valence-corrected chi connectivity index (χ2v) is 3.89. The van der Waals surface area contributed by atoms with E-state index in [0.717, 1.165) is 5.82 Å². The zero-order valence-electron chi connectivity index (χ0n) is 7.63. The van der Waals surface area contributed by atoms with Gasteiger partial charge in [0, 0.05) is 23.8 Å². The third-order valence-corrected chi connectivity index (χ3v) is 3.01. The van der Waals surface area contributed by atoms with Crippen LogP contribution in [0, 0.1) is 0 Å². The van der Waals surface area contributed by atoms with Crippen molar-refractivity contribution in [2.24, 2.45) is 5.73 Å². The lowest BCUT2D eigenvalue weighted by Crippen LogP contribution is -2.15. The molecule has 1 unspecified atom stereocenters. The summed E-state index contributed by atoms with van der Waals surface area (Å²) in [5.74, 6) is 0.939. The van der Waals surface area contributed by atoms with Crippen LogP contribution in [0.2, 0.25) is 0 Å². The van der Waals surface area contributed by atoms with Gasteiger partial charge >= 0.3 is 0 Å². The van der Waals surface area contributed by atoms with E-state index in [4.69, 9.17) is 5.73 Å². The Balaban J connectivity index is 2.31. The molecule has 2 rings (SSSR count). The molecule has 0 saturated heterocycles. The molecule has 1 atom stereocenters. The Morgan fingerprint density at radius 3 is 2.64 bits per heavy atom. The summed E-state index contributed by atoms with van der Waals surface area (Å²) < 4.78 is 0. The molecule has 0 aliphatic carbocycles. The van der Waals surface area contributed by atoms with Gasteiger partial charge in [-0.2, -0.15) is 0 Å². The van der Waals surface area contributed by atoms with Crippen LogP contribution >= 0.6 is 11.3 Å². The monoisotopic (exact) mass is 205 g/mol. The number of thiophene rings is 1. The standard InChI is InChI=1S/C10H11N3S/c11-7-8(9-3-1-6-14-9)10-12-4-2-5-13-10/h1-6,8H,7,11H2. The predicted molar refractivity (Wildman–Crippen MR) is 57.2 cm³/mol. The van der Waals surface area contributed by atoms with Crippen molar-refractivity contribution in [2.75, 3.05) is 6.54 Å². The number of hydrogen-bond acceptors (Lipinski definition) is 4. The van der Waals surface area contributed by atoms with E-state index in [2.05, 4.69) is 16.0 Å². The molecule has 0 aromatic carbocycles. The zero-order valence-corrected chi connectivity index (χ0v) is 8.45. The second-order valence-electron chi connectivity index (χ2n) is 2.91. The summed E-state index contributed by atoms with van der Waals surface area (Å²) in [7, 11) is 0. The molecule has 0 saturated carbocycles. The van der Waals surface area contributed by atoms with Crippen LogP contribution in [0.5, 0.6) is 0 Å². The van der Waals surface area contributed by atoms with Crippen LogP contribution in [0.3, 0.4) is 0 Å². The molecule has 0 fully saturated rings. The van der Waals surface area contributed by atoms with E-state index in [1.54, 1.807) is 23.7 Å². The average Bonchev–Trinajstić information content (AvgIpc) is 2.74. The Kier molecular flexibility index (Phi) is 2.86. The highest BCUT2D eigenvalue weighted by molar-refractivity contribution is 7.10. The van der Waals surface area contributed by atoms with Crippen molar-refractivity contribution in [3.05, 3.63) is 46.7 Å². The van der Waals surface area contributed by atoms with Crippen LogP contribution < -0.4 is 5.73 Å². The fraction of sp³-hybridized carbons (Fsp3) is 0.200. The van der Waals surface area contributed by atoms with Gasteiger partial charge in [-0.05, 0) is 17.5 Å². The van der Waals surface area contributed by atoms with E-state index >= 15 is 0 Å². The van der Waals surface area contributed by atoms with Gasteiger partial charge in [0.25, 0.3) is 0 Å². The first kappa shape index (κ1) is 9.30.